The van der Waals surface area contributed by atoms with E-state index in [4.69, 9.17) is 5.11 Å². The molecule has 0 aliphatic carbocycles. The molecule has 0 fully saturated rings. The molecule has 1 aromatic heterocycles. The second-order valence-electron chi connectivity index (χ2n) is 1.50. The second-order valence-corrected chi connectivity index (χ2v) is 2.25. The topological polar surface area (TPSA) is 63.1 Å². The van der Waals surface area contributed by atoms with Gasteiger partial charge in [0.05, 0.1) is 0 Å². The van der Waals surface area contributed by atoms with Crippen molar-refractivity contribution in [1.82, 2.24) is 9.59 Å². The number of rotatable bonds is 2. The Hall–Kier alpha value is -1.23. The lowest BCUT2D eigenvalue weighted by atomic mass is 10.4. The van der Waals surface area contributed by atoms with E-state index in [1.165, 1.54) is 6.08 Å². The van der Waals surface area contributed by atoms with Crippen LogP contribution in [0.1, 0.15) is 15.4 Å². The highest BCUT2D eigenvalue weighted by atomic mass is 32.1. The Bertz CT molecular complexity index is 268. The molecular weight excluding hydrogens is 152 g/mol. The van der Waals surface area contributed by atoms with Crippen molar-refractivity contribution in [2.75, 3.05) is 0 Å². The van der Waals surface area contributed by atoms with Crippen LogP contribution in [-0.4, -0.2) is 20.7 Å². The number of nitrogens with zero attached hydrogens (tertiary/aromatic N) is 2. The molecule has 0 aliphatic heterocycles. The van der Waals surface area contributed by atoms with Crippen LogP contribution in [0, 0.1) is 0 Å². The fourth-order valence-electron chi connectivity index (χ4n) is 0.480. The molecule has 1 N–H and O–H groups in total. The first-order valence-electron chi connectivity index (χ1n) is 2.43. The van der Waals surface area contributed by atoms with Crippen LogP contribution in [-0.2, 0) is 0 Å². The van der Waals surface area contributed by atoms with Crippen LogP contribution >= 0.6 is 11.5 Å². The summed E-state index contributed by atoms with van der Waals surface area (Å²) in [6.07, 6.45) is 1.37. The van der Waals surface area contributed by atoms with Crippen molar-refractivity contribution >= 4 is 23.6 Å². The Labute approximate surface area is 61.0 Å². The second kappa shape index (κ2) is 2.57. The summed E-state index contributed by atoms with van der Waals surface area (Å²) in [5.41, 5.74) is 0.331. The molecule has 0 atom stereocenters. The van der Waals surface area contributed by atoms with Crippen molar-refractivity contribution in [3.05, 3.63) is 17.2 Å². The van der Waals surface area contributed by atoms with Gasteiger partial charge in [0.15, 0.2) is 4.88 Å². The summed E-state index contributed by atoms with van der Waals surface area (Å²) in [6.45, 7) is 3.39. The van der Waals surface area contributed by atoms with E-state index in [9.17, 15) is 4.79 Å². The van der Waals surface area contributed by atoms with Crippen LogP contribution in [0.3, 0.4) is 0 Å². The molecule has 1 heterocycles. The number of aromatic carboxylic acids is 1. The van der Waals surface area contributed by atoms with Crippen LogP contribution < -0.4 is 0 Å². The SMILES string of the molecule is C=Cc1nnsc1C(=O)O. The predicted octanol–water partition coefficient (Wildman–Crippen LogP) is 0.879. The zero-order valence-corrected chi connectivity index (χ0v) is 5.76. The minimum Gasteiger partial charge on any atom is -0.477 e. The molecule has 1 rings (SSSR count). The zero-order valence-electron chi connectivity index (χ0n) is 4.94. The first-order valence-corrected chi connectivity index (χ1v) is 3.21. The van der Waals surface area contributed by atoms with Crippen LogP contribution in [0.5, 0.6) is 0 Å². The van der Waals surface area contributed by atoms with Gasteiger partial charge in [0.2, 0.25) is 0 Å². The molecule has 0 saturated heterocycles. The Kier molecular flexibility index (Phi) is 1.77. The Morgan fingerprint density at radius 3 is 2.90 bits per heavy atom. The summed E-state index contributed by atoms with van der Waals surface area (Å²) in [4.78, 5) is 10.5. The zero-order chi connectivity index (χ0) is 7.56. The summed E-state index contributed by atoms with van der Waals surface area (Å²) in [5, 5.41) is 12.0. The van der Waals surface area contributed by atoms with Crippen molar-refractivity contribution in [2.24, 2.45) is 0 Å². The summed E-state index contributed by atoms with van der Waals surface area (Å²) >= 11 is 0.850. The molecule has 0 radical (unpaired) electrons. The van der Waals surface area contributed by atoms with Gasteiger partial charge in [-0.15, -0.1) is 5.10 Å². The molecule has 52 valence electrons. The summed E-state index contributed by atoms with van der Waals surface area (Å²) < 4.78 is 3.45. The van der Waals surface area contributed by atoms with Gasteiger partial charge in [-0.05, 0) is 17.6 Å². The first kappa shape index (κ1) is 6.88. The lowest BCUT2D eigenvalue weighted by molar-refractivity contribution is 0.0701. The van der Waals surface area contributed by atoms with E-state index in [0.29, 0.717) is 5.69 Å². The van der Waals surface area contributed by atoms with Gasteiger partial charge in [0.25, 0.3) is 0 Å². The molecule has 0 saturated carbocycles. The van der Waals surface area contributed by atoms with E-state index in [0.717, 1.165) is 11.5 Å². The normalized spacial score (nSPS) is 9.20. The minimum absolute atomic E-state index is 0.134. The molecule has 0 aromatic carbocycles. The van der Waals surface area contributed by atoms with Gasteiger partial charge in [-0.1, -0.05) is 11.1 Å². The smallest absolute Gasteiger partial charge is 0.349 e. The quantitative estimate of drug-likeness (QED) is 0.690. The number of hydrogen-bond donors (Lipinski definition) is 1. The molecule has 0 bridgehead atoms. The van der Waals surface area contributed by atoms with Crippen LogP contribution in [0.25, 0.3) is 6.08 Å². The summed E-state index contributed by atoms with van der Waals surface area (Å²) in [5.74, 6) is -1.01. The van der Waals surface area contributed by atoms with Gasteiger partial charge < -0.3 is 5.11 Å². The third-order valence-corrected chi connectivity index (χ3v) is 1.63. The molecule has 0 spiro atoms. The van der Waals surface area contributed by atoms with E-state index in [2.05, 4.69) is 16.2 Å². The van der Waals surface area contributed by atoms with Crippen molar-refractivity contribution in [3.63, 3.8) is 0 Å². The van der Waals surface area contributed by atoms with E-state index in [1.807, 2.05) is 0 Å². The minimum atomic E-state index is -1.01. The average Bonchev–Trinajstić information content (AvgIpc) is 2.33. The predicted molar refractivity (Wildman–Crippen MR) is 37.0 cm³/mol. The number of carbonyl (C=O) groups is 1. The van der Waals surface area contributed by atoms with Gasteiger partial charge in [0, 0.05) is 0 Å². The maximum absolute atomic E-state index is 10.3. The largest absolute Gasteiger partial charge is 0.477 e. The summed E-state index contributed by atoms with van der Waals surface area (Å²) in [7, 11) is 0. The van der Waals surface area contributed by atoms with E-state index in [-0.39, 0.29) is 4.88 Å². The number of hydrogen-bond acceptors (Lipinski definition) is 4. The number of carboxylic acids is 1. The van der Waals surface area contributed by atoms with Crippen molar-refractivity contribution in [1.29, 1.82) is 0 Å². The van der Waals surface area contributed by atoms with E-state index in [1.54, 1.807) is 0 Å². The monoisotopic (exact) mass is 156 g/mol. The number of aromatic nitrogens is 2. The molecule has 0 amide bonds. The average molecular weight is 156 g/mol. The molecule has 1 aromatic rings. The van der Waals surface area contributed by atoms with Crippen molar-refractivity contribution < 1.29 is 9.90 Å². The van der Waals surface area contributed by atoms with E-state index < -0.39 is 5.97 Å². The van der Waals surface area contributed by atoms with Crippen LogP contribution in [0.4, 0.5) is 0 Å². The highest BCUT2D eigenvalue weighted by Crippen LogP contribution is 2.10. The Morgan fingerprint density at radius 1 is 1.80 bits per heavy atom. The first-order chi connectivity index (χ1) is 4.75. The third kappa shape index (κ3) is 1.03. The Morgan fingerprint density at radius 2 is 2.50 bits per heavy atom. The molecule has 10 heavy (non-hydrogen) atoms. The van der Waals surface area contributed by atoms with Crippen molar-refractivity contribution in [2.45, 2.75) is 0 Å². The molecule has 0 aliphatic rings. The van der Waals surface area contributed by atoms with Gasteiger partial charge in [0.1, 0.15) is 5.69 Å². The van der Waals surface area contributed by atoms with Crippen LogP contribution in [0.15, 0.2) is 6.58 Å². The van der Waals surface area contributed by atoms with Gasteiger partial charge in [-0.3, -0.25) is 0 Å². The standard InChI is InChI=1S/C5H4N2O2S/c1-2-3-4(5(8)9)10-7-6-3/h2H,1H2,(H,8,9). The molecule has 0 unspecified atom stereocenters. The highest BCUT2D eigenvalue weighted by molar-refractivity contribution is 7.07. The fraction of sp³-hybridized carbons (Fsp3) is 0. The number of carboxylic acid groups (broad SMARTS) is 1. The Balaban J connectivity index is 3.13. The lowest BCUT2D eigenvalue weighted by Crippen LogP contribution is -1.94. The van der Waals surface area contributed by atoms with Crippen LogP contribution in [0.2, 0.25) is 0 Å². The van der Waals surface area contributed by atoms with E-state index >= 15 is 0 Å². The fourth-order valence-corrected chi connectivity index (χ4v) is 0.986. The van der Waals surface area contributed by atoms with Crippen molar-refractivity contribution in [3.8, 4) is 0 Å². The lowest BCUT2D eigenvalue weighted by Gasteiger charge is -1.83. The van der Waals surface area contributed by atoms with Gasteiger partial charge >= 0.3 is 5.97 Å². The maximum Gasteiger partial charge on any atom is 0.349 e. The van der Waals surface area contributed by atoms with Gasteiger partial charge in [-0.2, -0.15) is 0 Å². The molecule has 4 nitrogen and oxygen atoms in total. The van der Waals surface area contributed by atoms with Gasteiger partial charge in [-0.25, -0.2) is 4.79 Å². The third-order valence-electron chi connectivity index (χ3n) is 0.901. The highest BCUT2D eigenvalue weighted by Gasteiger charge is 2.11. The summed E-state index contributed by atoms with van der Waals surface area (Å²) in [6, 6.07) is 0. The molecule has 5 heteroatoms. The molecular formula is C5H4N2O2S. The maximum atomic E-state index is 10.3.